The Labute approximate surface area is 146 Å². The van der Waals surface area contributed by atoms with E-state index in [1.165, 1.54) is 0 Å². The molecule has 2 amide bonds. The number of hydrogen-bond donors (Lipinski definition) is 2. The summed E-state index contributed by atoms with van der Waals surface area (Å²) in [5, 5.41) is 1.99. The summed E-state index contributed by atoms with van der Waals surface area (Å²) in [5.74, 6) is -0.314. The minimum atomic E-state index is -0.314. The highest BCUT2D eigenvalue weighted by Gasteiger charge is 2.26. The molecule has 0 atom stereocenters. The van der Waals surface area contributed by atoms with Crippen LogP contribution in [-0.4, -0.2) is 55.3 Å². The standard InChI is InChI=1S/C17H22N4O2S/c18-6-3-7-20-8-10-21(11-9-20)14-5-2-1-4-13(14)12-15-16(22)19-17(23)24-15/h1-2,4-5,12H,3,6-11,18H2,(H,19,22,23)/b15-12-. The van der Waals surface area contributed by atoms with E-state index in [1.807, 2.05) is 18.2 Å². The average Bonchev–Trinajstić information content (AvgIpc) is 2.91. The quantitative estimate of drug-likeness (QED) is 0.787. The number of imide groups is 1. The van der Waals surface area contributed by atoms with Gasteiger partial charge in [-0.05, 0) is 49.0 Å². The van der Waals surface area contributed by atoms with Gasteiger partial charge >= 0.3 is 0 Å². The van der Waals surface area contributed by atoms with Crippen LogP contribution in [0.3, 0.4) is 0 Å². The zero-order chi connectivity index (χ0) is 16.9. The molecular weight excluding hydrogens is 324 g/mol. The molecule has 3 N–H and O–H groups in total. The van der Waals surface area contributed by atoms with Crippen molar-refractivity contribution in [3.05, 3.63) is 34.7 Å². The maximum atomic E-state index is 11.8. The summed E-state index contributed by atoms with van der Waals surface area (Å²) in [7, 11) is 0. The number of nitrogens with zero attached hydrogens (tertiary/aromatic N) is 2. The Morgan fingerprint density at radius 3 is 2.58 bits per heavy atom. The number of nitrogens with two attached hydrogens (primary N) is 1. The molecule has 0 saturated carbocycles. The Morgan fingerprint density at radius 1 is 1.17 bits per heavy atom. The zero-order valence-electron chi connectivity index (χ0n) is 13.5. The Balaban J connectivity index is 1.72. The lowest BCUT2D eigenvalue weighted by Crippen LogP contribution is -2.47. The Kier molecular flexibility index (Phi) is 5.55. The molecule has 2 aliphatic rings. The van der Waals surface area contributed by atoms with Gasteiger partial charge in [0.15, 0.2) is 0 Å². The van der Waals surface area contributed by atoms with Gasteiger partial charge in [0.1, 0.15) is 0 Å². The first-order valence-corrected chi connectivity index (χ1v) is 9.00. The third kappa shape index (κ3) is 3.98. The number of nitrogens with one attached hydrogen (secondary N) is 1. The van der Waals surface area contributed by atoms with Gasteiger partial charge in [0.2, 0.25) is 0 Å². The minimum absolute atomic E-state index is 0.308. The van der Waals surface area contributed by atoms with Crippen molar-refractivity contribution in [1.82, 2.24) is 10.2 Å². The van der Waals surface area contributed by atoms with E-state index in [0.717, 1.165) is 68.7 Å². The number of rotatable bonds is 5. The van der Waals surface area contributed by atoms with E-state index >= 15 is 0 Å². The van der Waals surface area contributed by atoms with Crippen LogP contribution in [0.25, 0.3) is 6.08 Å². The van der Waals surface area contributed by atoms with Gasteiger partial charge in [0, 0.05) is 31.9 Å². The summed E-state index contributed by atoms with van der Waals surface area (Å²) in [6.45, 7) is 5.70. The maximum Gasteiger partial charge on any atom is 0.290 e. The fraction of sp³-hybridized carbons (Fsp3) is 0.412. The molecule has 1 aromatic rings. The van der Waals surface area contributed by atoms with Crippen molar-refractivity contribution >= 4 is 34.7 Å². The van der Waals surface area contributed by atoms with Gasteiger partial charge in [-0.15, -0.1) is 0 Å². The summed E-state index contributed by atoms with van der Waals surface area (Å²) in [4.78, 5) is 28.3. The van der Waals surface area contributed by atoms with Crippen LogP contribution in [0.1, 0.15) is 12.0 Å². The highest BCUT2D eigenvalue weighted by atomic mass is 32.2. The van der Waals surface area contributed by atoms with Crippen LogP contribution in [0.2, 0.25) is 0 Å². The fourth-order valence-electron chi connectivity index (χ4n) is 2.99. The lowest BCUT2D eigenvalue weighted by atomic mass is 10.1. The zero-order valence-corrected chi connectivity index (χ0v) is 14.3. The second kappa shape index (κ2) is 7.83. The van der Waals surface area contributed by atoms with Gasteiger partial charge < -0.3 is 10.6 Å². The van der Waals surface area contributed by atoms with E-state index in [0.29, 0.717) is 4.91 Å². The highest BCUT2D eigenvalue weighted by molar-refractivity contribution is 8.18. The van der Waals surface area contributed by atoms with Crippen LogP contribution < -0.4 is 16.0 Å². The van der Waals surface area contributed by atoms with Gasteiger partial charge in [0.05, 0.1) is 4.91 Å². The third-order valence-electron chi connectivity index (χ3n) is 4.26. The molecular formula is C17H22N4O2S. The molecule has 2 heterocycles. The number of benzene rings is 1. The smallest absolute Gasteiger partial charge is 0.290 e. The lowest BCUT2D eigenvalue weighted by Gasteiger charge is -2.36. The lowest BCUT2D eigenvalue weighted by molar-refractivity contribution is -0.115. The van der Waals surface area contributed by atoms with Crippen LogP contribution in [0.4, 0.5) is 10.5 Å². The van der Waals surface area contributed by atoms with Crippen molar-refractivity contribution in [2.24, 2.45) is 5.73 Å². The van der Waals surface area contributed by atoms with Crippen molar-refractivity contribution in [2.45, 2.75) is 6.42 Å². The van der Waals surface area contributed by atoms with Gasteiger partial charge in [0.25, 0.3) is 11.1 Å². The van der Waals surface area contributed by atoms with Crippen molar-refractivity contribution in [2.75, 3.05) is 44.2 Å². The Bertz CT molecular complexity index is 654. The van der Waals surface area contributed by atoms with E-state index in [9.17, 15) is 9.59 Å². The number of carbonyl (C=O) groups excluding carboxylic acids is 2. The summed E-state index contributed by atoms with van der Waals surface area (Å²) >= 11 is 0.956. The predicted octanol–water partition coefficient (Wildman–Crippen LogP) is 1.48. The van der Waals surface area contributed by atoms with E-state index in [1.54, 1.807) is 6.08 Å². The molecule has 3 rings (SSSR count). The first kappa shape index (κ1) is 17.0. The van der Waals surface area contributed by atoms with Crippen LogP contribution in [0, 0.1) is 0 Å². The van der Waals surface area contributed by atoms with Gasteiger partial charge in [-0.2, -0.15) is 0 Å². The average molecular weight is 346 g/mol. The molecule has 0 aliphatic carbocycles. The molecule has 1 aromatic carbocycles. The highest BCUT2D eigenvalue weighted by Crippen LogP contribution is 2.30. The van der Waals surface area contributed by atoms with Crippen molar-refractivity contribution < 1.29 is 9.59 Å². The summed E-state index contributed by atoms with van der Waals surface area (Å²) < 4.78 is 0. The van der Waals surface area contributed by atoms with Gasteiger partial charge in [-0.1, -0.05) is 18.2 Å². The van der Waals surface area contributed by atoms with Crippen molar-refractivity contribution in [3.8, 4) is 0 Å². The molecule has 128 valence electrons. The molecule has 2 fully saturated rings. The van der Waals surface area contributed by atoms with E-state index in [-0.39, 0.29) is 11.1 Å². The van der Waals surface area contributed by atoms with E-state index < -0.39 is 0 Å². The molecule has 0 radical (unpaired) electrons. The number of anilines is 1. The van der Waals surface area contributed by atoms with Crippen LogP contribution >= 0.6 is 11.8 Å². The largest absolute Gasteiger partial charge is 0.368 e. The Morgan fingerprint density at radius 2 is 1.92 bits per heavy atom. The molecule has 2 saturated heterocycles. The predicted molar refractivity (Wildman–Crippen MR) is 97.9 cm³/mol. The van der Waals surface area contributed by atoms with E-state index in [2.05, 4.69) is 21.2 Å². The normalized spacial score (nSPS) is 20.7. The minimum Gasteiger partial charge on any atom is -0.368 e. The first-order valence-electron chi connectivity index (χ1n) is 8.18. The van der Waals surface area contributed by atoms with Crippen LogP contribution in [0.15, 0.2) is 29.2 Å². The second-order valence-electron chi connectivity index (χ2n) is 5.88. The molecule has 6 nitrogen and oxygen atoms in total. The molecule has 0 bridgehead atoms. The van der Waals surface area contributed by atoms with Crippen LogP contribution in [0.5, 0.6) is 0 Å². The number of para-hydroxylation sites is 1. The van der Waals surface area contributed by atoms with E-state index in [4.69, 9.17) is 5.73 Å². The number of hydrogen-bond acceptors (Lipinski definition) is 6. The summed E-state index contributed by atoms with van der Waals surface area (Å²) in [5.41, 5.74) is 7.66. The number of amides is 2. The molecule has 7 heteroatoms. The topological polar surface area (TPSA) is 78.7 Å². The fourth-order valence-corrected chi connectivity index (χ4v) is 3.66. The molecule has 0 spiro atoms. The number of piperazine rings is 1. The third-order valence-corrected chi connectivity index (χ3v) is 5.07. The second-order valence-corrected chi connectivity index (χ2v) is 6.90. The Hall–Kier alpha value is -1.83. The van der Waals surface area contributed by atoms with Crippen molar-refractivity contribution in [3.63, 3.8) is 0 Å². The molecule has 0 aromatic heterocycles. The monoisotopic (exact) mass is 346 g/mol. The summed E-state index contributed by atoms with van der Waals surface area (Å²) in [6, 6.07) is 8.01. The first-order chi connectivity index (χ1) is 11.7. The van der Waals surface area contributed by atoms with Crippen LogP contribution in [-0.2, 0) is 4.79 Å². The molecule has 0 unspecified atom stereocenters. The van der Waals surface area contributed by atoms with Gasteiger partial charge in [-0.3, -0.25) is 19.8 Å². The van der Waals surface area contributed by atoms with Gasteiger partial charge in [-0.25, -0.2) is 0 Å². The molecule has 2 aliphatic heterocycles. The SMILES string of the molecule is NCCCN1CCN(c2ccccc2/C=C2\SC(=O)NC2=O)CC1. The number of carbonyl (C=O) groups is 2. The summed E-state index contributed by atoms with van der Waals surface area (Å²) in [6.07, 6.45) is 2.84. The number of thioether (sulfide) groups is 1. The van der Waals surface area contributed by atoms with Crippen molar-refractivity contribution in [1.29, 1.82) is 0 Å². The molecule has 24 heavy (non-hydrogen) atoms. The maximum absolute atomic E-state index is 11.8.